The van der Waals surface area contributed by atoms with Crippen molar-refractivity contribution in [3.63, 3.8) is 0 Å². The third-order valence-corrected chi connectivity index (χ3v) is 6.83. The fourth-order valence-corrected chi connectivity index (χ4v) is 4.92. The van der Waals surface area contributed by atoms with Gasteiger partial charge in [-0.05, 0) is 81.3 Å². The summed E-state index contributed by atoms with van der Waals surface area (Å²) in [6, 6.07) is 19.4. The number of anilines is 1. The standard InChI is InChI=1S/C26H20BrClN2O5S/c1-34-21-12-17(11-20(27)24(21)35-15-23(31)29-19-5-3-2-4-6-19)13-22-25(32)30(26(33)36-22)14-16-7-9-18(28)10-8-16/h2-13H,14-15H2,1H3,(H,29,31)/b22-13+. The van der Waals surface area contributed by atoms with Gasteiger partial charge < -0.3 is 14.8 Å². The molecule has 4 rings (SSSR count). The van der Waals surface area contributed by atoms with Gasteiger partial charge in [-0.2, -0.15) is 0 Å². The number of benzene rings is 3. The molecule has 36 heavy (non-hydrogen) atoms. The van der Waals surface area contributed by atoms with E-state index in [0.717, 1.165) is 17.3 Å². The number of hydrogen-bond donors (Lipinski definition) is 1. The molecule has 1 aliphatic rings. The van der Waals surface area contributed by atoms with E-state index in [9.17, 15) is 14.4 Å². The average molecular weight is 588 g/mol. The zero-order valence-corrected chi connectivity index (χ0v) is 22.2. The van der Waals surface area contributed by atoms with Crippen molar-refractivity contribution in [3.8, 4) is 11.5 Å². The van der Waals surface area contributed by atoms with Gasteiger partial charge in [-0.15, -0.1) is 0 Å². The Bertz CT molecular complexity index is 1330. The van der Waals surface area contributed by atoms with Gasteiger partial charge in [-0.1, -0.05) is 41.9 Å². The number of thioether (sulfide) groups is 1. The van der Waals surface area contributed by atoms with Crippen LogP contribution in [-0.4, -0.2) is 35.7 Å². The first-order valence-electron chi connectivity index (χ1n) is 10.7. The summed E-state index contributed by atoms with van der Waals surface area (Å²) in [6.07, 6.45) is 1.62. The number of nitrogens with zero attached hydrogens (tertiary/aromatic N) is 1. The van der Waals surface area contributed by atoms with Crippen molar-refractivity contribution in [2.24, 2.45) is 0 Å². The Kier molecular flexibility index (Phi) is 8.35. The van der Waals surface area contributed by atoms with Crippen LogP contribution in [-0.2, 0) is 16.1 Å². The predicted molar refractivity (Wildman–Crippen MR) is 144 cm³/mol. The van der Waals surface area contributed by atoms with Crippen molar-refractivity contribution in [2.45, 2.75) is 6.54 Å². The minimum absolute atomic E-state index is 0.157. The lowest BCUT2D eigenvalue weighted by molar-refractivity contribution is -0.123. The first kappa shape index (κ1) is 25.8. The summed E-state index contributed by atoms with van der Waals surface area (Å²) in [6.45, 7) is -0.0726. The van der Waals surface area contributed by atoms with E-state index in [1.165, 1.54) is 12.0 Å². The summed E-state index contributed by atoms with van der Waals surface area (Å²) in [5.74, 6) is -0.00114. The molecule has 3 aromatic carbocycles. The SMILES string of the molecule is COc1cc(/C=C2/SC(=O)N(Cc3ccc(Cl)cc3)C2=O)cc(Br)c1OCC(=O)Nc1ccccc1. The smallest absolute Gasteiger partial charge is 0.293 e. The highest BCUT2D eigenvalue weighted by Gasteiger charge is 2.35. The van der Waals surface area contributed by atoms with Gasteiger partial charge in [0, 0.05) is 10.7 Å². The van der Waals surface area contributed by atoms with Crippen LogP contribution in [0.3, 0.4) is 0 Å². The van der Waals surface area contributed by atoms with Crippen molar-refractivity contribution in [2.75, 3.05) is 19.0 Å². The maximum Gasteiger partial charge on any atom is 0.293 e. The molecule has 0 bridgehead atoms. The molecular formula is C26H20BrClN2O5S. The lowest BCUT2D eigenvalue weighted by Crippen LogP contribution is -2.27. The molecule has 0 saturated carbocycles. The summed E-state index contributed by atoms with van der Waals surface area (Å²) in [7, 11) is 1.47. The molecule has 0 radical (unpaired) electrons. The van der Waals surface area contributed by atoms with Gasteiger partial charge in [0.15, 0.2) is 18.1 Å². The number of halogens is 2. The highest BCUT2D eigenvalue weighted by molar-refractivity contribution is 9.10. The normalized spacial score (nSPS) is 14.3. The van der Waals surface area contributed by atoms with Crippen LogP contribution in [0, 0.1) is 0 Å². The van der Waals surface area contributed by atoms with Crippen LogP contribution in [0.2, 0.25) is 5.02 Å². The number of nitrogens with one attached hydrogen (secondary N) is 1. The van der Waals surface area contributed by atoms with Crippen molar-refractivity contribution in [1.29, 1.82) is 0 Å². The molecule has 10 heteroatoms. The van der Waals surface area contributed by atoms with Gasteiger partial charge in [0.05, 0.1) is 23.0 Å². The van der Waals surface area contributed by atoms with E-state index in [-0.39, 0.29) is 30.2 Å². The molecule has 0 aromatic heterocycles. The second-order valence-electron chi connectivity index (χ2n) is 7.63. The van der Waals surface area contributed by atoms with Gasteiger partial charge in [-0.3, -0.25) is 19.3 Å². The molecular weight excluding hydrogens is 568 g/mol. The van der Waals surface area contributed by atoms with Gasteiger partial charge in [-0.25, -0.2) is 0 Å². The first-order valence-corrected chi connectivity index (χ1v) is 12.7. The second kappa shape index (κ2) is 11.6. The van der Waals surface area contributed by atoms with E-state index in [0.29, 0.717) is 37.2 Å². The summed E-state index contributed by atoms with van der Waals surface area (Å²) >= 11 is 10.2. The highest BCUT2D eigenvalue weighted by Crippen LogP contribution is 2.39. The molecule has 3 aromatic rings. The van der Waals surface area contributed by atoms with Crippen molar-refractivity contribution in [3.05, 3.63) is 92.3 Å². The molecule has 0 spiro atoms. The van der Waals surface area contributed by atoms with Crippen LogP contribution in [0.5, 0.6) is 11.5 Å². The largest absolute Gasteiger partial charge is 0.493 e. The predicted octanol–water partition coefficient (Wildman–Crippen LogP) is 6.37. The van der Waals surface area contributed by atoms with Crippen molar-refractivity contribution in [1.82, 2.24) is 4.90 Å². The molecule has 1 fully saturated rings. The number of methoxy groups -OCH3 is 1. The van der Waals surface area contributed by atoms with E-state index < -0.39 is 0 Å². The topological polar surface area (TPSA) is 84.9 Å². The van der Waals surface area contributed by atoms with E-state index in [2.05, 4.69) is 21.2 Å². The minimum Gasteiger partial charge on any atom is -0.493 e. The lowest BCUT2D eigenvalue weighted by Gasteiger charge is -2.14. The molecule has 3 amide bonds. The Labute approximate surface area is 225 Å². The van der Waals surface area contributed by atoms with Crippen LogP contribution < -0.4 is 14.8 Å². The minimum atomic E-state index is -0.382. The van der Waals surface area contributed by atoms with Crippen molar-refractivity contribution >= 4 is 68.1 Å². The Morgan fingerprint density at radius 3 is 2.53 bits per heavy atom. The quantitative estimate of drug-likeness (QED) is 0.309. The van der Waals surface area contributed by atoms with Crippen LogP contribution in [0.4, 0.5) is 10.5 Å². The summed E-state index contributed by atoms with van der Waals surface area (Å²) < 4.78 is 11.7. The van der Waals surface area contributed by atoms with Gasteiger partial charge >= 0.3 is 0 Å². The molecule has 0 unspecified atom stereocenters. The number of ether oxygens (including phenoxy) is 2. The maximum absolute atomic E-state index is 12.9. The zero-order valence-electron chi connectivity index (χ0n) is 19.0. The molecule has 0 aliphatic carbocycles. The maximum atomic E-state index is 12.9. The molecule has 1 saturated heterocycles. The number of carbonyl (C=O) groups is 3. The van der Waals surface area contributed by atoms with E-state index in [4.69, 9.17) is 21.1 Å². The van der Waals surface area contributed by atoms with Gasteiger partial charge in [0.1, 0.15) is 0 Å². The van der Waals surface area contributed by atoms with E-state index in [1.807, 2.05) is 18.2 Å². The van der Waals surface area contributed by atoms with Crippen molar-refractivity contribution < 1.29 is 23.9 Å². The molecule has 0 atom stereocenters. The highest BCUT2D eigenvalue weighted by atomic mass is 79.9. The van der Waals surface area contributed by atoms with Crippen LogP contribution in [0.1, 0.15) is 11.1 Å². The third kappa shape index (κ3) is 6.29. The third-order valence-electron chi connectivity index (χ3n) is 5.08. The Morgan fingerprint density at radius 2 is 1.83 bits per heavy atom. The van der Waals surface area contributed by atoms with Crippen LogP contribution in [0.15, 0.2) is 76.1 Å². The number of carbonyl (C=O) groups excluding carboxylic acids is 3. The number of para-hydroxylation sites is 1. The molecule has 1 N–H and O–H groups in total. The fraction of sp³-hybridized carbons (Fsp3) is 0.115. The average Bonchev–Trinajstić information content (AvgIpc) is 3.12. The number of hydrogen-bond acceptors (Lipinski definition) is 6. The molecule has 184 valence electrons. The summed E-state index contributed by atoms with van der Waals surface area (Å²) in [4.78, 5) is 39.1. The van der Waals surface area contributed by atoms with E-state index >= 15 is 0 Å². The summed E-state index contributed by atoms with van der Waals surface area (Å²) in [5, 5.41) is 2.98. The van der Waals surface area contributed by atoms with Gasteiger partial charge in [0.2, 0.25) is 0 Å². The molecule has 1 heterocycles. The fourth-order valence-electron chi connectivity index (χ4n) is 3.38. The van der Waals surface area contributed by atoms with Crippen LogP contribution >= 0.6 is 39.3 Å². The Hall–Kier alpha value is -3.27. The second-order valence-corrected chi connectivity index (χ2v) is 9.92. The molecule has 7 nitrogen and oxygen atoms in total. The van der Waals surface area contributed by atoms with Crippen LogP contribution in [0.25, 0.3) is 6.08 Å². The monoisotopic (exact) mass is 586 g/mol. The lowest BCUT2D eigenvalue weighted by atomic mass is 10.1. The number of rotatable bonds is 8. The Balaban J connectivity index is 1.46. The van der Waals surface area contributed by atoms with E-state index in [1.54, 1.807) is 54.6 Å². The number of amides is 3. The zero-order chi connectivity index (χ0) is 25.7. The summed E-state index contributed by atoms with van der Waals surface area (Å²) in [5.41, 5.74) is 2.08. The number of imide groups is 1. The first-order chi connectivity index (χ1) is 17.3. The molecule has 1 aliphatic heterocycles. The Morgan fingerprint density at radius 1 is 1.11 bits per heavy atom. The van der Waals surface area contributed by atoms with Gasteiger partial charge in [0.25, 0.3) is 17.1 Å².